The molecule has 0 aliphatic heterocycles. The summed E-state index contributed by atoms with van der Waals surface area (Å²) in [4.78, 5) is 10.6. The zero-order chi connectivity index (χ0) is 13.1. The highest BCUT2D eigenvalue weighted by atomic mass is 16.6. The summed E-state index contributed by atoms with van der Waals surface area (Å²) in [5, 5.41) is 14.5. The lowest BCUT2D eigenvalue weighted by atomic mass is 10.0. The van der Waals surface area contributed by atoms with Gasteiger partial charge in [-0.1, -0.05) is 25.0 Å². The Morgan fingerprint density at radius 2 is 2.06 bits per heavy atom. The smallest absolute Gasteiger partial charge is 0.272 e. The number of hydrogen-bond acceptors (Lipinski definition) is 3. The van der Waals surface area contributed by atoms with Gasteiger partial charge in [0.2, 0.25) is 0 Å². The Hall–Kier alpha value is -1.42. The molecule has 4 nitrogen and oxygen atoms in total. The van der Waals surface area contributed by atoms with Gasteiger partial charge in [0, 0.05) is 23.7 Å². The number of nitro benzene ring substituents is 1. The van der Waals surface area contributed by atoms with Gasteiger partial charge in [0.1, 0.15) is 0 Å². The first-order valence-corrected chi connectivity index (χ1v) is 6.59. The van der Waals surface area contributed by atoms with Gasteiger partial charge in [0.25, 0.3) is 5.69 Å². The van der Waals surface area contributed by atoms with Crippen LogP contribution in [0.1, 0.15) is 49.8 Å². The minimum atomic E-state index is -0.304. The van der Waals surface area contributed by atoms with Crippen LogP contribution in [0.2, 0.25) is 0 Å². The predicted molar refractivity (Wildman–Crippen MR) is 71.6 cm³/mol. The Morgan fingerprint density at radius 3 is 2.67 bits per heavy atom. The van der Waals surface area contributed by atoms with Crippen molar-refractivity contribution < 1.29 is 4.92 Å². The summed E-state index contributed by atoms with van der Waals surface area (Å²) in [6.07, 6.45) is 5.02. The summed E-state index contributed by atoms with van der Waals surface area (Å²) in [5.41, 5.74) is 1.93. The number of nitrogens with zero attached hydrogens (tertiary/aromatic N) is 1. The fourth-order valence-electron chi connectivity index (χ4n) is 2.63. The molecule has 2 rings (SSSR count). The van der Waals surface area contributed by atoms with Crippen LogP contribution in [-0.4, -0.2) is 11.0 Å². The monoisotopic (exact) mass is 248 g/mol. The van der Waals surface area contributed by atoms with E-state index in [4.69, 9.17) is 0 Å². The van der Waals surface area contributed by atoms with Crippen LogP contribution in [0, 0.1) is 17.0 Å². The molecule has 0 radical (unpaired) electrons. The summed E-state index contributed by atoms with van der Waals surface area (Å²) in [7, 11) is 0. The fourth-order valence-corrected chi connectivity index (χ4v) is 2.63. The van der Waals surface area contributed by atoms with E-state index in [1.165, 1.54) is 25.7 Å². The van der Waals surface area contributed by atoms with Crippen LogP contribution in [0.4, 0.5) is 5.69 Å². The van der Waals surface area contributed by atoms with Crippen molar-refractivity contribution in [3.05, 3.63) is 39.4 Å². The van der Waals surface area contributed by atoms with Gasteiger partial charge in [0.15, 0.2) is 0 Å². The second-order valence-corrected chi connectivity index (χ2v) is 5.17. The van der Waals surface area contributed by atoms with E-state index in [0.29, 0.717) is 6.04 Å². The van der Waals surface area contributed by atoms with Crippen LogP contribution in [0.25, 0.3) is 0 Å². The Bertz CT molecular complexity index is 439. The maximum Gasteiger partial charge on any atom is 0.272 e. The van der Waals surface area contributed by atoms with Crippen molar-refractivity contribution in [3.63, 3.8) is 0 Å². The Balaban J connectivity index is 2.11. The highest BCUT2D eigenvalue weighted by molar-refractivity contribution is 5.43. The van der Waals surface area contributed by atoms with Crippen molar-refractivity contribution in [1.82, 2.24) is 5.32 Å². The Kier molecular flexibility index (Phi) is 3.97. The van der Waals surface area contributed by atoms with E-state index in [1.54, 1.807) is 13.0 Å². The predicted octanol–water partition coefficient (Wildman–Crippen LogP) is 3.50. The van der Waals surface area contributed by atoms with Crippen LogP contribution in [0.3, 0.4) is 0 Å². The van der Waals surface area contributed by atoms with Gasteiger partial charge in [-0.15, -0.1) is 0 Å². The van der Waals surface area contributed by atoms with Crippen LogP contribution in [0.15, 0.2) is 18.2 Å². The summed E-state index contributed by atoms with van der Waals surface area (Å²) in [6.45, 7) is 3.85. The van der Waals surface area contributed by atoms with Crippen molar-refractivity contribution in [1.29, 1.82) is 0 Å². The molecule has 0 amide bonds. The quantitative estimate of drug-likeness (QED) is 0.655. The van der Waals surface area contributed by atoms with Gasteiger partial charge < -0.3 is 5.32 Å². The van der Waals surface area contributed by atoms with Gasteiger partial charge in [-0.2, -0.15) is 0 Å². The average molecular weight is 248 g/mol. The third-order valence-corrected chi connectivity index (χ3v) is 3.77. The third-order valence-electron chi connectivity index (χ3n) is 3.77. The minimum Gasteiger partial charge on any atom is -0.307 e. The van der Waals surface area contributed by atoms with Gasteiger partial charge in [0.05, 0.1) is 4.92 Å². The van der Waals surface area contributed by atoms with E-state index in [0.717, 1.165) is 11.1 Å². The third kappa shape index (κ3) is 2.88. The molecule has 0 bridgehead atoms. The molecule has 98 valence electrons. The van der Waals surface area contributed by atoms with Gasteiger partial charge >= 0.3 is 0 Å². The summed E-state index contributed by atoms with van der Waals surface area (Å²) in [5.74, 6) is 0. The molecule has 1 unspecified atom stereocenters. The van der Waals surface area contributed by atoms with Gasteiger partial charge in [-0.25, -0.2) is 0 Å². The van der Waals surface area contributed by atoms with Crippen LogP contribution in [-0.2, 0) is 0 Å². The standard InChI is InChI=1S/C14H20N2O2/c1-10-7-8-12(9-14(10)16(17)18)11(2)15-13-5-3-4-6-13/h7-9,11,13,15H,3-6H2,1-2H3. The number of nitro groups is 1. The maximum absolute atomic E-state index is 10.9. The first-order chi connectivity index (χ1) is 8.58. The SMILES string of the molecule is Cc1ccc(C(C)NC2CCCC2)cc1[N+](=O)[O-]. The molecule has 18 heavy (non-hydrogen) atoms. The lowest BCUT2D eigenvalue weighted by Gasteiger charge is -2.19. The molecule has 1 aromatic carbocycles. The number of hydrogen-bond donors (Lipinski definition) is 1. The van der Waals surface area contributed by atoms with Crippen molar-refractivity contribution >= 4 is 5.69 Å². The van der Waals surface area contributed by atoms with Crippen LogP contribution < -0.4 is 5.32 Å². The zero-order valence-corrected chi connectivity index (χ0v) is 11.0. The molecular formula is C14H20N2O2. The molecule has 1 aliphatic carbocycles. The largest absolute Gasteiger partial charge is 0.307 e. The number of rotatable bonds is 4. The van der Waals surface area contributed by atoms with E-state index in [2.05, 4.69) is 12.2 Å². The molecule has 0 spiro atoms. The summed E-state index contributed by atoms with van der Waals surface area (Å²) in [6, 6.07) is 6.25. The van der Waals surface area contributed by atoms with Crippen molar-refractivity contribution in [2.45, 2.75) is 51.6 Å². The Morgan fingerprint density at radius 1 is 1.39 bits per heavy atom. The van der Waals surface area contributed by atoms with Crippen LogP contribution in [0.5, 0.6) is 0 Å². The number of nitrogens with one attached hydrogen (secondary N) is 1. The zero-order valence-electron chi connectivity index (χ0n) is 11.0. The van der Waals surface area contributed by atoms with E-state index in [1.807, 2.05) is 12.1 Å². The van der Waals surface area contributed by atoms with E-state index >= 15 is 0 Å². The molecule has 1 fully saturated rings. The summed E-state index contributed by atoms with van der Waals surface area (Å²) >= 11 is 0. The first-order valence-electron chi connectivity index (χ1n) is 6.59. The van der Waals surface area contributed by atoms with E-state index in [-0.39, 0.29) is 16.7 Å². The lowest BCUT2D eigenvalue weighted by Crippen LogP contribution is -2.28. The van der Waals surface area contributed by atoms with E-state index < -0.39 is 0 Å². The van der Waals surface area contributed by atoms with Crippen molar-refractivity contribution in [3.8, 4) is 0 Å². The molecule has 0 saturated heterocycles. The number of benzene rings is 1. The second-order valence-electron chi connectivity index (χ2n) is 5.17. The van der Waals surface area contributed by atoms with Crippen LogP contribution >= 0.6 is 0 Å². The first kappa shape index (κ1) is 13.0. The van der Waals surface area contributed by atoms with Gasteiger partial charge in [-0.05, 0) is 32.3 Å². The number of aryl methyl sites for hydroxylation is 1. The normalized spacial score (nSPS) is 17.9. The summed E-state index contributed by atoms with van der Waals surface area (Å²) < 4.78 is 0. The highest BCUT2D eigenvalue weighted by Gasteiger charge is 2.19. The molecule has 1 aliphatic rings. The second kappa shape index (κ2) is 5.48. The average Bonchev–Trinajstić information content (AvgIpc) is 2.81. The molecule has 1 aromatic rings. The van der Waals surface area contributed by atoms with Crippen molar-refractivity contribution in [2.75, 3.05) is 0 Å². The molecule has 1 saturated carbocycles. The molecule has 1 N–H and O–H groups in total. The van der Waals surface area contributed by atoms with E-state index in [9.17, 15) is 10.1 Å². The lowest BCUT2D eigenvalue weighted by molar-refractivity contribution is -0.385. The molecule has 0 aromatic heterocycles. The minimum absolute atomic E-state index is 0.174. The molecular weight excluding hydrogens is 228 g/mol. The molecule has 0 heterocycles. The topological polar surface area (TPSA) is 55.2 Å². The Labute approximate surface area is 108 Å². The highest BCUT2D eigenvalue weighted by Crippen LogP contribution is 2.25. The van der Waals surface area contributed by atoms with Gasteiger partial charge in [-0.3, -0.25) is 10.1 Å². The molecule has 1 atom stereocenters. The molecule has 4 heteroatoms. The van der Waals surface area contributed by atoms with Crippen molar-refractivity contribution in [2.24, 2.45) is 0 Å². The maximum atomic E-state index is 10.9. The fraction of sp³-hybridized carbons (Fsp3) is 0.571.